The normalized spacial score (nSPS) is 17.2. The van der Waals surface area contributed by atoms with Crippen molar-refractivity contribution in [3.63, 3.8) is 0 Å². The van der Waals surface area contributed by atoms with Crippen molar-refractivity contribution in [2.75, 3.05) is 6.54 Å². The minimum Gasteiger partial charge on any atom is -0.360 e. The van der Waals surface area contributed by atoms with Gasteiger partial charge in [-0.3, -0.25) is 4.79 Å². The highest BCUT2D eigenvalue weighted by Gasteiger charge is 2.30. The fourth-order valence-electron chi connectivity index (χ4n) is 3.52. The third-order valence-electron chi connectivity index (χ3n) is 4.77. The second kappa shape index (κ2) is 5.26. The molecule has 0 aromatic carbocycles. The van der Waals surface area contributed by atoms with Crippen molar-refractivity contribution < 1.29 is 9.32 Å². The summed E-state index contributed by atoms with van der Waals surface area (Å²) in [4.78, 5) is 19.1. The number of hydrogen-bond donors (Lipinski definition) is 0. The molecule has 116 valence electrons. The van der Waals surface area contributed by atoms with Crippen LogP contribution in [-0.4, -0.2) is 32.1 Å². The van der Waals surface area contributed by atoms with Crippen molar-refractivity contribution in [2.45, 2.75) is 52.1 Å². The molecule has 3 heterocycles. The lowest BCUT2D eigenvalue weighted by Crippen LogP contribution is -2.37. The second-order valence-corrected chi connectivity index (χ2v) is 6.04. The van der Waals surface area contributed by atoms with E-state index in [1.54, 1.807) is 0 Å². The van der Waals surface area contributed by atoms with Gasteiger partial charge in [0.1, 0.15) is 5.76 Å². The summed E-state index contributed by atoms with van der Waals surface area (Å²) in [5.74, 6) is 0.895. The van der Waals surface area contributed by atoms with Gasteiger partial charge >= 0.3 is 0 Å². The zero-order valence-electron chi connectivity index (χ0n) is 12.8. The van der Waals surface area contributed by atoms with Gasteiger partial charge in [-0.05, 0) is 26.2 Å². The summed E-state index contributed by atoms with van der Waals surface area (Å²) in [6, 6.07) is 0. The van der Waals surface area contributed by atoms with Gasteiger partial charge in [0.2, 0.25) is 0 Å². The Kier molecular flexibility index (Phi) is 3.24. The Labute approximate surface area is 129 Å². The van der Waals surface area contributed by atoms with Gasteiger partial charge < -0.3 is 14.0 Å². The molecule has 2 aromatic heterocycles. The van der Waals surface area contributed by atoms with Crippen LogP contribution in [-0.2, 0) is 32.4 Å². The maximum absolute atomic E-state index is 12.8. The quantitative estimate of drug-likeness (QED) is 0.850. The Balaban J connectivity index is 1.58. The molecule has 22 heavy (non-hydrogen) atoms. The molecule has 6 nitrogen and oxygen atoms in total. The fraction of sp³-hybridized carbons (Fsp3) is 0.562. The zero-order chi connectivity index (χ0) is 15.1. The van der Waals surface area contributed by atoms with Crippen molar-refractivity contribution in [3.05, 3.63) is 34.7 Å². The minimum absolute atomic E-state index is 0.0106. The highest BCUT2D eigenvalue weighted by molar-refractivity contribution is 5.94. The highest BCUT2D eigenvalue weighted by atomic mass is 16.5. The summed E-state index contributed by atoms with van der Waals surface area (Å²) in [7, 11) is 0. The largest absolute Gasteiger partial charge is 0.360 e. The summed E-state index contributed by atoms with van der Waals surface area (Å²) in [5, 5.41) is 4.06. The van der Waals surface area contributed by atoms with Crippen molar-refractivity contribution in [2.24, 2.45) is 0 Å². The van der Waals surface area contributed by atoms with Gasteiger partial charge in [-0.1, -0.05) is 5.16 Å². The van der Waals surface area contributed by atoms with Gasteiger partial charge in [-0.25, -0.2) is 4.98 Å². The molecule has 2 aromatic rings. The number of rotatable bonds is 2. The van der Waals surface area contributed by atoms with E-state index in [1.807, 2.05) is 11.2 Å². The first-order valence-corrected chi connectivity index (χ1v) is 8.07. The Hall–Kier alpha value is -2.11. The lowest BCUT2D eigenvalue weighted by molar-refractivity contribution is 0.0719. The van der Waals surface area contributed by atoms with Crippen LogP contribution in [0.3, 0.4) is 0 Å². The Morgan fingerprint density at radius 1 is 1.32 bits per heavy atom. The van der Waals surface area contributed by atoms with Crippen molar-refractivity contribution in [3.8, 4) is 0 Å². The van der Waals surface area contributed by atoms with E-state index in [4.69, 9.17) is 4.52 Å². The average molecular weight is 300 g/mol. The van der Waals surface area contributed by atoms with Crippen LogP contribution in [0.25, 0.3) is 0 Å². The van der Waals surface area contributed by atoms with Gasteiger partial charge in [0.05, 0.1) is 18.6 Å². The average Bonchev–Trinajstić information content (AvgIpc) is 3.17. The van der Waals surface area contributed by atoms with Gasteiger partial charge in [0.25, 0.3) is 5.91 Å². The maximum atomic E-state index is 12.8. The number of nitrogens with zero attached hydrogens (tertiary/aromatic N) is 4. The summed E-state index contributed by atoms with van der Waals surface area (Å²) in [6.45, 7) is 4.33. The number of imidazole rings is 1. The molecular formula is C16H20N4O2. The monoisotopic (exact) mass is 300 g/mol. The summed E-state index contributed by atoms with van der Waals surface area (Å²) >= 11 is 0. The fourth-order valence-corrected chi connectivity index (χ4v) is 3.52. The molecule has 0 unspecified atom stereocenters. The highest BCUT2D eigenvalue weighted by Crippen LogP contribution is 2.26. The number of carbonyl (C=O) groups excluding carboxylic acids is 1. The molecule has 0 saturated carbocycles. The smallest absolute Gasteiger partial charge is 0.276 e. The molecule has 0 bridgehead atoms. The van der Waals surface area contributed by atoms with E-state index in [1.165, 1.54) is 5.69 Å². The van der Waals surface area contributed by atoms with Crippen molar-refractivity contribution in [1.29, 1.82) is 0 Å². The van der Waals surface area contributed by atoms with Crippen LogP contribution in [0.15, 0.2) is 10.9 Å². The number of fused-ring (bicyclic) bond motifs is 2. The molecule has 0 saturated heterocycles. The van der Waals surface area contributed by atoms with Crippen LogP contribution < -0.4 is 0 Å². The molecule has 0 N–H and O–H groups in total. The predicted molar refractivity (Wildman–Crippen MR) is 79.5 cm³/mol. The first-order valence-electron chi connectivity index (χ1n) is 8.07. The van der Waals surface area contributed by atoms with Gasteiger partial charge in [0.15, 0.2) is 5.69 Å². The number of aryl methyl sites for hydroxylation is 2. The van der Waals surface area contributed by atoms with E-state index >= 15 is 0 Å². The van der Waals surface area contributed by atoms with Crippen LogP contribution in [0.2, 0.25) is 0 Å². The lowest BCUT2D eigenvalue weighted by Gasteiger charge is -2.26. The van der Waals surface area contributed by atoms with E-state index in [0.717, 1.165) is 62.2 Å². The summed E-state index contributed by atoms with van der Waals surface area (Å²) < 4.78 is 7.53. The molecular weight excluding hydrogens is 280 g/mol. The molecule has 0 atom stereocenters. The molecule has 6 heteroatoms. The molecule has 0 fully saturated rings. The molecule has 1 amide bonds. The maximum Gasteiger partial charge on any atom is 0.276 e. The van der Waals surface area contributed by atoms with Crippen LogP contribution in [0, 0.1) is 0 Å². The third-order valence-corrected chi connectivity index (χ3v) is 4.77. The molecule has 0 spiro atoms. The van der Waals surface area contributed by atoms with Gasteiger partial charge in [-0.15, -0.1) is 0 Å². The molecule has 1 aliphatic heterocycles. The number of carbonyl (C=O) groups is 1. The Morgan fingerprint density at radius 3 is 3.05 bits per heavy atom. The van der Waals surface area contributed by atoms with E-state index in [-0.39, 0.29) is 5.91 Å². The first-order chi connectivity index (χ1) is 10.8. The molecule has 1 aliphatic carbocycles. The SMILES string of the molecule is CCn1cnc2c1CCN(C(=O)c1noc3c1CCCC3)C2. The molecule has 2 aliphatic rings. The van der Waals surface area contributed by atoms with Crippen molar-refractivity contribution in [1.82, 2.24) is 19.6 Å². The summed E-state index contributed by atoms with van der Waals surface area (Å²) in [6.07, 6.45) is 6.77. The number of aromatic nitrogens is 3. The Bertz CT molecular complexity index is 716. The number of hydrogen-bond acceptors (Lipinski definition) is 4. The van der Waals surface area contributed by atoms with Crippen LogP contribution in [0.4, 0.5) is 0 Å². The van der Waals surface area contributed by atoms with E-state index in [0.29, 0.717) is 12.2 Å². The van der Waals surface area contributed by atoms with Gasteiger partial charge in [0, 0.05) is 37.2 Å². The molecule has 4 rings (SSSR count). The van der Waals surface area contributed by atoms with E-state index in [9.17, 15) is 4.79 Å². The number of amides is 1. The standard InChI is InChI=1S/C16H20N4O2/c1-2-19-10-17-12-9-20(8-7-13(12)19)16(21)15-11-5-3-4-6-14(11)22-18-15/h10H,2-9H2,1H3. The van der Waals surface area contributed by atoms with E-state index < -0.39 is 0 Å². The second-order valence-electron chi connectivity index (χ2n) is 6.04. The summed E-state index contributed by atoms with van der Waals surface area (Å²) in [5.41, 5.74) is 3.82. The first kappa shape index (κ1) is 13.5. The third kappa shape index (κ3) is 2.05. The van der Waals surface area contributed by atoms with Gasteiger partial charge in [-0.2, -0.15) is 0 Å². The van der Waals surface area contributed by atoms with E-state index in [2.05, 4.69) is 21.6 Å². The Morgan fingerprint density at radius 2 is 2.18 bits per heavy atom. The lowest BCUT2D eigenvalue weighted by atomic mass is 9.96. The minimum atomic E-state index is -0.0106. The predicted octanol–water partition coefficient (Wildman–Crippen LogP) is 1.97. The van der Waals surface area contributed by atoms with Crippen LogP contribution >= 0.6 is 0 Å². The zero-order valence-corrected chi connectivity index (χ0v) is 12.8. The molecule has 0 radical (unpaired) electrons. The topological polar surface area (TPSA) is 64.2 Å². The van der Waals surface area contributed by atoms with Crippen LogP contribution in [0.5, 0.6) is 0 Å². The van der Waals surface area contributed by atoms with Crippen LogP contribution in [0.1, 0.15) is 53.0 Å². The van der Waals surface area contributed by atoms with Crippen molar-refractivity contribution >= 4 is 5.91 Å².